The summed E-state index contributed by atoms with van der Waals surface area (Å²) in [5, 5.41) is 3.09. The smallest absolute Gasteiger partial charge is 0.143 e. The van der Waals surface area contributed by atoms with Crippen LogP contribution in [0.4, 0.5) is 5.82 Å². The molecule has 90 valence electrons. The SMILES string of the molecule is CCSCc1nc(COC)c(I)c(NC)n1. The summed E-state index contributed by atoms with van der Waals surface area (Å²) in [7, 11) is 3.55. The molecule has 16 heavy (non-hydrogen) atoms. The number of ether oxygens (including phenoxy) is 1. The van der Waals surface area contributed by atoms with Crippen molar-refractivity contribution >= 4 is 40.2 Å². The summed E-state index contributed by atoms with van der Waals surface area (Å²) in [6.07, 6.45) is 0. The van der Waals surface area contributed by atoms with Crippen molar-refractivity contribution in [1.82, 2.24) is 9.97 Å². The van der Waals surface area contributed by atoms with Crippen molar-refractivity contribution in [2.45, 2.75) is 19.3 Å². The first-order valence-electron chi connectivity index (χ1n) is 5.02. The van der Waals surface area contributed by atoms with Crippen molar-refractivity contribution in [2.24, 2.45) is 0 Å². The molecular weight excluding hydrogens is 337 g/mol. The lowest BCUT2D eigenvalue weighted by Gasteiger charge is -2.10. The Kier molecular flexibility index (Phi) is 6.37. The summed E-state index contributed by atoms with van der Waals surface area (Å²) < 4.78 is 6.17. The van der Waals surface area contributed by atoms with Gasteiger partial charge in [0.25, 0.3) is 0 Å². The molecule has 0 fully saturated rings. The van der Waals surface area contributed by atoms with E-state index in [0.717, 1.165) is 32.4 Å². The lowest BCUT2D eigenvalue weighted by molar-refractivity contribution is 0.180. The highest BCUT2D eigenvalue weighted by atomic mass is 127. The fourth-order valence-corrected chi connectivity index (χ4v) is 2.38. The maximum atomic E-state index is 5.14. The molecule has 1 heterocycles. The number of thioether (sulfide) groups is 1. The molecule has 1 rings (SSSR count). The first-order chi connectivity index (χ1) is 7.72. The second-order valence-corrected chi connectivity index (χ2v) is 5.42. The third-order valence-electron chi connectivity index (χ3n) is 1.92. The lowest BCUT2D eigenvalue weighted by Crippen LogP contribution is -2.07. The Morgan fingerprint density at radius 1 is 1.44 bits per heavy atom. The highest BCUT2D eigenvalue weighted by Gasteiger charge is 2.10. The number of nitrogens with one attached hydrogen (secondary N) is 1. The standard InChI is InChI=1S/C10H16IN3OS/c1-4-16-6-8-13-7(5-15-3)9(11)10(12-2)14-8/h4-6H2,1-3H3,(H,12,13,14). The van der Waals surface area contributed by atoms with E-state index >= 15 is 0 Å². The van der Waals surface area contributed by atoms with Crippen LogP contribution in [0.2, 0.25) is 0 Å². The Labute approximate surface area is 114 Å². The molecule has 0 bridgehead atoms. The molecule has 1 aromatic rings. The van der Waals surface area contributed by atoms with E-state index in [9.17, 15) is 0 Å². The predicted molar refractivity (Wildman–Crippen MR) is 76.8 cm³/mol. The van der Waals surface area contributed by atoms with Gasteiger partial charge >= 0.3 is 0 Å². The molecule has 0 saturated heterocycles. The molecular formula is C10H16IN3OS. The molecule has 0 saturated carbocycles. The fourth-order valence-electron chi connectivity index (χ4n) is 1.20. The number of hydrogen-bond donors (Lipinski definition) is 1. The Morgan fingerprint density at radius 3 is 2.75 bits per heavy atom. The molecule has 1 N–H and O–H groups in total. The minimum Gasteiger partial charge on any atom is -0.378 e. The van der Waals surface area contributed by atoms with Crippen molar-refractivity contribution in [2.75, 3.05) is 25.2 Å². The lowest BCUT2D eigenvalue weighted by atomic mass is 10.4. The van der Waals surface area contributed by atoms with Crippen LogP contribution in [0, 0.1) is 3.57 Å². The van der Waals surface area contributed by atoms with Crippen LogP contribution in [0.25, 0.3) is 0 Å². The van der Waals surface area contributed by atoms with Crippen molar-refractivity contribution < 1.29 is 4.74 Å². The maximum Gasteiger partial charge on any atom is 0.143 e. The third-order valence-corrected chi connectivity index (χ3v) is 3.92. The van der Waals surface area contributed by atoms with E-state index in [4.69, 9.17) is 4.74 Å². The first-order valence-corrected chi connectivity index (χ1v) is 7.26. The van der Waals surface area contributed by atoms with E-state index in [1.54, 1.807) is 7.11 Å². The quantitative estimate of drug-likeness (QED) is 0.797. The summed E-state index contributed by atoms with van der Waals surface area (Å²) in [6, 6.07) is 0. The molecule has 0 unspecified atom stereocenters. The second kappa shape index (κ2) is 7.29. The van der Waals surface area contributed by atoms with Gasteiger partial charge < -0.3 is 10.1 Å². The third kappa shape index (κ3) is 3.74. The zero-order valence-electron chi connectivity index (χ0n) is 9.71. The number of aromatic nitrogens is 2. The number of hydrogen-bond acceptors (Lipinski definition) is 5. The van der Waals surface area contributed by atoms with Crippen molar-refractivity contribution in [1.29, 1.82) is 0 Å². The van der Waals surface area contributed by atoms with E-state index < -0.39 is 0 Å². The predicted octanol–water partition coefficient (Wildman–Crippen LogP) is 2.52. The normalized spacial score (nSPS) is 10.5. The molecule has 0 spiro atoms. The minimum absolute atomic E-state index is 0.527. The average molecular weight is 353 g/mol. The van der Waals surface area contributed by atoms with E-state index in [0.29, 0.717) is 6.61 Å². The van der Waals surface area contributed by atoms with E-state index in [-0.39, 0.29) is 0 Å². The Morgan fingerprint density at radius 2 is 2.19 bits per heavy atom. The Balaban J connectivity index is 2.97. The van der Waals surface area contributed by atoms with Gasteiger partial charge in [-0.15, -0.1) is 0 Å². The van der Waals surface area contributed by atoms with Gasteiger partial charge in [0, 0.05) is 14.2 Å². The molecule has 4 nitrogen and oxygen atoms in total. The van der Waals surface area contributed by atoms with Crippen LogP contribution < -0.4 is 5.32 Å². The Hall–Kier alpha value is -0.0800. The molecule has 0 atom stereocenters. The number of nitrogens with zero attached hydrogens (tertiary/aromatic N) is 2. The van der Waals surface area contributed by atoms with Crippen molar-refractivity contribution in [3.63, 3.8) is 0 Å². The maximum absolute atomic E-state index is 5.14. The molecule has 0 amide bonds. The Bertz CT molecular complexity index is 349. The molecule has 0 radical (unpaired) electrons. The van der Waals surface area contributed by atoms with Crippen LogP contribution in [0.1, 0.15) is 18.4 Å². The van der Waals surface area contributed by atoms with Gasteiger partial charge in [0.05, 0.1) is 21.6 Å². The van der Waals surface area contributed by atoms with Gasteiger partial charge in [-0.2, -0.15) is 11.8 Å². The van der Waals surface area contributed by atoms with Crippen molar-refractivity contribution in [3.05, 3.63) is 15.1 Å². The highest BCUT2D eigenvalue weighted by Crippen LogP contribution is 2.21. The average Bonchev–Trinajstić information content (AvgIpc) is 2.30. The summed E-state index contributed by atoms with van der Waals surface area (Å²) in [5.41, 5.74) is 0.953. The van der Waals surface area contributed by atoms with Crippen LogP contribution in [-0.2, 0) is 17.1 Å². The van der Waals surface area contributed by atoms with Crippen molar-refractivity contribution in [3.8, 4) is 0 Å². The molecule has 1 aromatic heterocycles. The summed E-state index contributed by atoms with van der Waals surface area (Å²) >= 11 is 4.06. The van der Waals surface area contributed by atoms with Gasteiger partial charge in [-0.05, 0) is 28.3 Å². The van der Waals surface area contributed by atoms with Crippen LogP contribution >= 0.6 is 34.4 Å². The van der Waals surface area contributed by atoms with Crippen LogP contribution in [0.15, 0.2) is 0 Å². The van der Waals surface area contributed by atoms with Gasteiger partial charge in [0.15, 0.2) is 0 Å². The number of anilines is 1. The second-order valence-electron chi connectivity index (χ2n) is 3.07. The molecule has 0 aliphatic heterocycles. The van der Waals surface area contributed by atoms with Gasteiger partial charge in [0.2, 0.25) is 0 Å². The van der Waals surface area contributed by atoms with E-state index in [1.165, 1.54) is 0 Å². The zero-order chi connectivity index (χ0) is 12.0. The number of methoxy groups -OCH3 is 1. The van der Waals surface area contributed by atoms with Gasteiger partial charge in [-0.25, -0.2) is 9.97 Å². The molecule has 0 aliphatic carbocycles. The van der Waals surface area contributed by atoms with Gasteiger partial charge in [-0.1, -0.05) is 6.92 Å². The monoisotopic (exact) mass is 353 g/mol. The fraction of sp³-hybridized carbons (Fsp3) is 0.600. The highest BCUT2D eigenvalue weighted by molar-refractivity contribution is 14.1. The first kappa shape index (κ1) is 14.0. The van der Waals surface area contributed by atoms with E-state index in [2.05, 4.69) is 44.8 Å². The number of halogens is 1. The van der Waals surface area contributed by atoms with Crippen LogP contribution in [0.5, 0.6) is 0 Å². The van der Waals surface area contributed by atoms with Gasteiger partial charge in [-0.3, -0.25) is 0 Å². The molecule has 6 heteroatoms. The minimum atomic E-state index is 0.527. The number of rotatable bonds is 6. The van der Waals surface area contributed by atoms with E-state index in [1.807, 2.05) is 18.8 Å². The molecule has 0 aromatic carbocycles. The summed E-state index contributed by atoms with van der Waals surface area (Å²) in [4.78, 5) is 8.97. The van der Waals surface area contributed by atoms with Crippen LogP contribution in [-0.4, -0.2) is 29.9 Å². The van der Waals surface area contributed by atoms with Crippen LogP contribution in [0.3, 0.4) is 0 Å². The van der Waals surface area contributed by atoms with Gasteiger partial charge in [0.1, 0.15) is 11.6 Å². The topological polar surface area (TPSA) is 47.0 Å². The molecule has 0 aliphatic rings. The summed E-state index contributed by atoms with van der Waals surface area (Å²) in [5.74, 6) is 3.67. The zero-order valence-corrected chi connectivity index (χ0v) is 12.7. The largest absolute Gasteiger partial charge is 0.378 e. The summed E-state index contributed by atoms with van der Waals surface area (Å²) in [6.45, 7) is 2.66.